The molecule has 0 atom stereocenters. The van der Waals surface area contributed by atoms with Crippen molar-refractivity contribution < 1.29 is 27.2 Å². The van der Waals surface area contributed by atoms with Crippen molar-refractivity contribution in [1.82, 2.24) is 4.47 Å². The third-order valence-electron chi connectivity index (χ3n) is 3.54. The molecular formula is C17H18FN3O5S. The molecule has 2 N–H and O–H groups in total. The Balaban J connectivity index is 2.21. The lowest BCUT2D eigenvalue weighted by atomic mass is 10.2. The Hall–Kier alpha value is -2.82. The van der Waals surface area contributed by atoms with Crippen LogP contribution in [-0.2, 0) is 19.7 Å². The Kier molecular flexibility index (Phi) is 6.26. The number of amides is 2. The summed E-state index contributed by atoms with van der Waals surface area (Å²) in [6, 6.07) is 8.81. The molecule has 0 saturated heterocycles. The first kappa shape index (κ1) is 20.5. The van der Waals surface area contributed by atoms with Gasteiger partial charge in [-0.3, -0.25) is 14.4 Å². The third-order valence-corrected chi connectivity index (χ3v) is 5.24. The molecule has 2 amide bonds. The minimum absolute atomic E-state index is 0.0674. The Morgan fingerprint density at radius 1 is 1.07 bits per heavy atom. The second-order valence-electron chi connectivity index (χ2n) is 5.45. The third kappa shape index (κ3) is 4.88. The SMILES string of the molecule is CON(C)S(=O)(=O)c1ccc(C(=O)Nc2cc(NC(C)=O)ccc2F)cc1. The van der Waals surface area contributed by atoms with E-state index in [4.69, 9.17) is 0 Å². The van der Waals surface area contributed by atoms with Gasteiger partial charge in [0.25, 0.3) is 15.9 Å². The Bertz CT molecular complexity index is 961. The van der Waals surface area contributed by atoms with Gasteiger partial charge < -0.3 is 10.6 Å². The molecule has 27 heavy (non-hydrogen) atoms. The fraction of sp³-hybridized carbons (Fsp3) is 0.176. The predicted molar refractivity (Wildman–Crippen MR) is 97.1 cm³/mol. The minimum atomic E-state index is -3.84. The summed E-state index contributed by atoms with van der Waals surface area (Å²) in [5.74, 6) is -1.66. The van der Waals surface area contributed by atoms with Gasteiger partial charge in [0.15, 0.2) is 0 Å². The highest BCUT2D eigenvalue weighted by Gasteiger charge is 2.21. The molecule has 0 aromatic heterocycles. The molecule has 0 radical (unpaired) electrons. The van der Waals surface area contributed by atoms with Gasteiger partial charge in [0.05, 0.1) is 17.7 Å². The van der Waals surface area contributed by atoms with E-state index in [0.29, 0.717) is 10.2 Å². The number of nitrogens with one attached hydrogen (secondary N) is 2. The maximum absolute atomic E-state index is 13.9. The molecule has 10 heteroatoms. The summed E-state index contributed by atoms with van der Waals surface area (Å²) in [6.45, 7) is 1.30. The lowest BCUT2D eigenvalue weighted by molar-refractivity contribution is -0.114. The number of halogens is 1. The smallest absolute Gasteiger partial charge is 0.264 e. The maximum Gasteiger partial charge on any atom is 0.264 e. The van der Waals surface area contributed by atoms with Crippen molar-refractivity contribution in [2.45, 2.75) is 11.8 Å². The molecule has 144 valence electrons. The molecule has 2 aromatic carbocycles. The summed E-state index contributed by atoms with van der Waals surface area (Å²) >= 11 is 0. The molecule has 0 unspecified atom stereocenters. The summed E-state index contributed by atoms with van der Waals surface area (Å²) in [4.78, 5) is 28.0. The van der Waals surface area contributed by atoms with E-state index in [1.807, 2.05) is 0 Å². The van der Waals surface area contributed by atoms with Crippen LogP contribution in [0.15, 0.2) is 47.4 Å². The van der Waals surface area contributed by atoms with Gasteiger partial charge in [0.1, 0.15) is 5.82 Å². The molecule has 2 aromatic rings. The highest BCUT2D eigenvalue weighted by molar-refractivity contribution is 7.89. The molecule has 0 saturated carbocycles. The van der Waals surface area contributed by atoms with Crippen molar-refractivity contribution >= 4 is 33.2 Å². The topological polar surface area (TPSA) is 105 Å². The van der Waals surface area contributed by atoms with Gasteiger partial charge in [-0.2, -0.15) is 0 Å². The number of benzene rings is 2. The first-order valence-corrected chi connectivity index (χ1v) is 9.10. The van der Waals surface area contributed by atoms with Crippen molar-refractivity contribution in [1.29, 1.82) is 0 Å². The molecular weight excluding hydrogens is 377 g/mol. The molecule has 2 rings (SSSR count). The predicted octanol–water partition coefficient (Wildman–Crippen LogP) is 2.22. The Labute approximate surface area is 155 Å². The molecule has 0 heterocycles. The summed E-state index contributed by atoms with van der Waals surface area (Å²) in [5.41, 5.74) is 0.323. The number of hydroxylamine groups is 1. The molecule has 0 fully saturated rings. The van der Waals surface area contributed by atoms with Gasteiger partial charge in [-0.05, 0) is 42.5 Å². The fourth-order valence-electron chi connectivity index (χ4n) is 2.12. The molecule has 0 aliphatic carbocycles. The van der Waals surface area contributed by atoms with Crippen LogP contribution in [0.2, 0.25) is 0 Å². The first-order valence-electron chi connectivity index (χ1n) is 7.66. The number of hydrogen-bond acceptors (Lipinski definition) is 5. The van der Waals surface area contributed by atoms with Crippen LogP contribution >= 0.6 is 0 Å². The van der Waals surface area contributed by atoms with E-state index in [-0.39, 0.29) is 22.1 Å². The molecule has 0 spiro atoms. The van der Waals surface area contributed by atoms with E-state index in [0.717, 1.165) is 6.07 Å². The van der Waals surface area contributed by atoms with Crippen molar-refractivity contribution in [2.24, 2.45) is 0 Å². The molecule has 8 nitrogen and oxygen atoms in total. The van der Waals surface area contributed by atoms with Crippen LogP contribution in [0.4, 0.5) is 15.8 Å². The van der Waals surface area contributed by atoms with Crippen LogP contribution in [0.5, 0.6) is 0 Å². The van der Waals surface area contributed by atoms with Crippen molar-refractivity contribution in [3.63, 3.8) is 0 Å². The maximum atomic E-state index is 13.9. The second kappa shape index (κ2) is 8.25. The molecule has 0 aliphatic rings. The van der Waals surface area contributed by atoms with Crippen molar-refractivity contribution in [3.8, 4) is 0 Å². The molecule has 0 bridgehead atoms. The monoisotopic (exact) mass is 395 g/mol. The highest BCUT2D eigenvalue weighted by atomic mass is 32.2. The average Bonchev–Trinajstić information content (AvgIpc) is 2.63. The fourth-order valence-corrected chi connectivity index (χ4v) is 3.09. The summed E-state index contributed by atoms with van der Waals surface area (Å²) < 4.78 is 38.8. The van der Waals surface area contributed by atoms with Crippen LogP contribution in [0.1, 0.15) is 17.3 Å². The normalized spacial score (nSPS) is 11.3. The lowest BCUT2D eigenvalue weighted by Crippen LogP contribution is -2.25. The number of nitrogens with zero attached hydrogens (tertiary/aromatic N) is 1. The van der Waals surface area contributed by atoms with E-state index in [1.54, 1.807) is 0 Å². The van der Waals surface area contributed by atoms with Crippen LogP contribution in [0.3, 0.4) is 0 Å². The van der Waals surface area contributed by atoms with Crippen molar-refractivity contribution in [2.75, 3.05) is 24.8 Å². The van der Waals surface area contributed by atoms with Crippen LogP contribution in [0, 0.1) is 5.82 Å². The number of carbonyl (C=O) groups excluding carboxylic acids is 2. The van der Waals surface area contributed by atoms with Gasteiger partial charge in [-0.1, -0.05) is 4.47 Å². The summed E-state index contributed by atoms with van der Waals surface area (Å²) in [5, 5.41) is 4.87. The lowest BCUT2D eigenvalue weighted by Gasteiger charge is -2.14. The number of hydrogen-bond donors (Lipinski definition) is 2. The molecule has 0 aliphatic heterocycles. The van der Waals surface area contributed by atoms with E-state index < -0.39 is 21.7 Å². The van der Waals surface area contributed by atoms with Gasteiger partial charge in [-0.15, -0.1) is 0 Å². The average molecular weight is 395 g/mol. The number of carbonyl (C=O) groups is 2. The Morgan fingerprint density at radius 3 is 2.26 bits per heavy atom. The minimum Gasteiger partial charge on any atom is -0.326 e. The van der Waals surface area contributed by atoms with Crippen LogP contribution < -0.4 is 10.6 Å². The number of rotatable bonds is 6. The van der Waals surface area contributed by atoms with Crippen LogP contribution in [-0.4, -0.2) is 38.9 Å². The first-order chi connectivity index (χ1) is 12.6. The van der Waals surface area contributed by atoms with Gasteiger partial charge >= 0.3 is 0 Å². The van der Waals surface area contributed by atoms with Crippen molar-refractivity contribution in [3.05, 3.63) is 53.8 Å². The second-order valence-corrected chi connectivity index (χ2v) is 7.39. The zero-order chi connectivity index (χ0) is 20.2. The Morgan fingerprint density at radius 2 is 1.70 bits per heavy atom. The van der Waals surface area contributed by atoms with E-state index in [2.05, 4.69) is 15.5 Å². The van der Waals surface area contributed by atoms with Gasteiger partial charge in [0.2, 0.25) is 5.91 Å². The van der Waals surface area contributed by atoms with Crippen LogP contribution in [0.25, 0.3) is 0 Å². The van der Waals surface area contributed by atoms with E-state index in [1.165, 1.54) is 57.5 Å². The largest absolute Gasteiger partial charge is 0.326 e. The standard InChI is InChI=1S/C17H18FN3O5S/c1-11(22)19-13-6-9-15(18)16(10-13)20-17(23)12-4-7-14(8-5-12)27(24,25)21(2)26-3/h4-10H,1-3H3,(H,19,22)(H,20,23). The van der Waals surface area contributed by atoms with E-state index in [9.17, 15) is 22.4 Å². The summed E-state index contributed by atoms with van der Waals surface area (Å²) in [7, 11) is -1.39. The zero-order valence-electron chi connectivity index (χ0n) is 14.8. The van der Waals surface area contributed by atoms with Gasteiger partial charge in [0, 0.05) is 25.2 Å². The highest BCUT2D eigenvalue weighted by Crippen LogP contribution is 2.21. The number of sulfonamides is 1. The zero-order valence-corrected chi connectivity index (χ0v) is 15.6. The van der Waals surface area contributed by atoms with E-state index >= 15 is 0 Å². The van der Waals surface area contributed by atoms with Gasteiger partial charge in [-0.25, -0.2) is 12.8 Å². The number of anilines is 2. The summed E-state index contributed by atoms with van der Waals surface area (Å²) in [6.07, 6.45) is 0. The quantitative estimate of drug-likeness (QED) is 0.730.